The van der Waals surface area contributed by atoms with Crippen LogP contribution in [0.25, 0.3) is 0 Å². The number of carboxylic acids is 2. The maximum absolute atomic E-state index is 12.0. The van der Waals surface area contributed by atoms with Crippen LogP contribution in [0.5, 0.6) is 0 Å². The Morgan fingerprint density at radius 1 is 1.15 bits per heavy atom. The molecule has 1 rings (SSSR count). The Morgan fingerprint density at radius 3 is 2.30 bits per heavy atom. The molecule has 0 aliphatic carbocycles. The van der Waals surface area contributed by atoms with Gasteiger partial charge < -0.3 is 15.1 Å². The van der Waals surface area contributed by atoms with E-state index < -0.39 is 29.8 Å². The number of hydrogen-bond donors (Lipinski definition) is 2. The third-order valence-corrected chi connectivity index (χ3v) is 3.97. The summed E-state index contributed by atoms with van der Waals surface area (Å²) in [7, 11) is 0. The largest absolute Gasteiger partial charge is 0.481 e. The fourth-order valence-corrected chi connectivity index (χ4v) is 2.69. The highest BCUT2D eigenvalue weighted by Crippen LogP contribution is 2.23. The normalized spacial score (nSPS) is 22.4. The molecule has 2 N–H and O–H groups in total. The van der Waals surface area contributed by atoms with Crippen LogP contribution in [0, 0.1) is 5.92 Å². The Balaban J connectivity index is 2.68. The van der Waals surface area contributed by atoms with Crippen molar-refractivity contribution < 1.29 is 29.4 Å². The number of thioether (sulfide) groups is 1. The first-order valence-corrected chi connectivity index (χ1v) is 7.20. The average Bonchev–Trinajstić information content (AvgIpc) is 2.37. The van der Waals surface area contributed by atoms with E-state index in [0.717, 1.165) is 16.7 Å². The van der Waals surface area contributed by atoms with Crippen LogP contribution in [-0.4, -0.2) is 56.4 Å². The fourth-order valence-electron chi connectivity index (χ4n) is 2.13. The molecule has 0 aromatic carbocycles. The quantitative estimate of drug-likeness (QED) is 0.757. The predicted octanol–water partition coefficient (Wildman–Crippen LogP) is 0.433. The molecule has 1 aliphatic rings. The number of carbonyl (C=O) groups excluding carboxylic acids is 2. The highest BCUT2D eigenvalue weighted by Gasteiger charge is 2.38. The maximum atomic E-state index is 12.0. The highest BCUT2D eigenvalue weighted by molar-refractivity contribution is 8.13. The summed E-state index contributed by atoms with van der Waals surface area (Å²) < 4.78 is 0. The number of aliphatic carboxylic acids is 2. The van der Waals surface area contributed by atoms with Crippen molar-refractivity contribution in [1.29, 1.82) is 0 Å². The molecule has 1 saturated heterocycles. The van der Waals surface area contributed by atoms with Crippen molar-refractivity contribution in [2.45, 2.75) is 32.2 Å². The van der Waals surface area contributed by atoms with Gasteiger partial charge in [-0.2, -0.15) is 0 Å². The standard InChI is InChI=1S/C12H17NO6S/c1-7(14)20-5-4-10(15)13-6-8(11(16)17)2-3-9(13)12(18)19/h8-9H,2-6H2,1H3,(H,16,17)(H,18,19)/t8-,9-/m0/s1. The number of piperidine rings is 1. The molecule has 1 heterocycles. The van der Waals surface area contributed by atoms with Crippen LogP contribution in [0.3, 0.4) is 0 Å². The summed E-state index contributed by atoms with van der Waals surface area (Å²) in [6.07, 6.45) is 0.413. The Labute approximate surface area is 120 Å². The first-order chi connectivity index (χ1) is 9.32. The minimum atomic E-state index is -1.12. The molecule has 0 aromatic heterocycles. The molecule has 0 saturated carbocycles. The van der Waals surface area contributed by atoms with Gasteiger partial charge >= 0.3 is 11.9 Å². The van der Waals surface area contributed by atoms with Gasteiger partial charge in [0.15, 0.2) is 5.12 Å². The van der Waals surface area contributed by atoms with Crippen molar-refractivity contribution in [3.05, 3.63) is 0 Å². The van der Waals surface area contributed by atoms with E-state index in [2.05, 4.69) is 0 Å². The Bertz CT molecular complexity index is 424. The Hall–Kier alpha value is -1.57. The molecule has 20 heavy (non-hydrogen) atoms. The fraction of sp³-hybridized carbons (Fsp3) is 0.667. The van der Waals surface area contributed by atoms with Gasteiger partial charge in [-0.25, -0.2) is 4.79 Å². The number of carbonyl (C=O) groups is 4. The van der Waals surface area contributed by atoms with Crippen LogP contribution in [-0.2, 0) is 19.2 Å². The zero-order valence-corrected chi connectivity index (χ0v) is 11.9. The summed E-state index contributed by atoms with van der Waals surface area (Å²) in [6.45, 7) is 1.30. The van der Waals surface area contributed by atoms with Crippen LogP contribution in [0.2, 0.25) is 0 Å². The van der Waals surface area contributed by atoms with E-state index in [1.165, 1.54) is 6.92 Å². The van der Waals surface area contributed by atoms with Gasteiger partial charge in [-0.05, 0) is 12.8 Å². The Kier molecular flexibility index (Phi) is 6.00. The van der Waals surface area contributed by atoms with Gasteiger partial charge in [0.2, 0.25) is 5.91 Å². The van der Waals surface area contributed by atoms with Crippen molar-refractivity contribution >= 4 is 34.7 Å². The minimum Gasteiger partial charge on any atom is -0.481 e. The summed E-state index contributed by atoms with van der Waals surface area (Å²) in [5.74, 6) is -3.02. The number of amides is 1. The van der Waals surface area contributed by atoms with Gasteiger partial charge in [0.25, 0.3) is 0 Å². The number of nitrogens with zero attached hydrogens (tertiary/aromatic N) is 1. The van der Waals surface area contributed by atoms with E-state index in [1.807, 2.05) is 0 Å². The summed E-state index contributed by atoms with van der Waals surface area (Å²) in [6, 6.07) is -0.972. The van der Waals surface area contributed by atoms with E-state index >= 15 is 0 Å². The molecule has 1 fully saturated rings. The number of rotatable bonds is 5. The molecule has 8 heteroatoms. The number of likely N-dealkylation sites (tertiary alicyclic amines) is 1. The van der Waals surface area contributed by atoms with Crippen LogP contribution < -0.4 is 0 Å². The molecule has 2 atom stereocenters. The molecule has 7 nitrogen and oxygen atoms in total. The second-order valence-corrected chi connectivity index (χ2v) is 5.87. The van der Waals surface area contributed by atoms with Crippen molar-refractivity contribution in [2.75, 3.05) is 12.3 Å². The summed E-state index contributed by atoms with van der Waals surface area (Å²) >= 11 is 0.990. The Morgan fingerprint density at radius 2 is 1.80 bits per heavy atom. The maximum Gasteiger partial charge on any atom is 0.326 e. The van der Waals surface area contributed by atoms with Gasteiger partial charge in [-0.3, -0.25) is 14.4 Å². The van der Waals surface area contributed by atoms with Crippen LogP contribution in [0.15, 0.2) is 0 Å². The SMILES string of the molecule is CC(=O)SCCC(=O)N1C[C@@H](C(=O)O)CC[C@H]1C(=O)O. The monoisotopic (exact) mass is 303 g/mol. The molecule has 0 aromatic rings. The van der Waals surface area contributed by atoms with E-state index in [-0.39, 0.29) is 36.7 Å². The van der Waals surface area contributed by atoms with Crippen LogP contribution in [0.1, 0.15) is 26.2 Å². The zero-order valence-electron chi connectivity index (χ0n) is 11.1. The topological polar surface area (TPSA) is 112 Å². The first-order valence-electron chi connectivity index (χ1n) is 6.21. The van der Waals surface area contributed by atoms with Gasteiger partial charge in [-0.15, -0.1) is 0 Å². The lowest BCUT2D eigenvalue weighted by atomic mass is 9.92. The van der Waals surface area contributed by atoms with Crippen LogP contribution >= 0.6 is 11.8 Å². The molecule has 112 valence electrons. The van der Waals surface area contributed by atoms with Crippen molar-refractivity contribution in [3.63, 3.8) is 0 Å². The first kappa shape index (κ1) is 16.5. The second kappa shape index (κ2) is 7.28. The van der Waals surface area contributed by atoms with E-state index in [0.29, 0.717) is 0 Å². The minimum absolute atomic E-state index is 0.0281. The van der Waals surface area contributed by atoms with Gasteiger partial charge in [-0.1, -0.05) is 11.8 Å². The lowest BCUT2D eigenvalue weighted by Crippen LogP contribution is -2.52. The molecule has 0 unspecified atom stereocenters. The van der Waals surface area contributed by atoms with Gasteiger partial charge in [0, 0.05) is 25.6 Å². The van der Waals surface area contributed by atoms with Crippen molar-refractivity contribution in [2.24, 2.45) is 5.92 Å². The molecule has 0 bridgehead atoms. The molecular weight excluding hydrogens is 286 g/mol. The molecule has 0 spiro atoms. The summed E-state index contributed by atoms with van der Waals surface area (Å²) in [5, 5.41) is 18.0. The van der Waals surface area contributed by atoms with Gasteiger partial charge in [0.05, 0.1) is 5.92 Å². The van der Waals surface area contributed by atoms with Gasteiger partial charge in [0.1, 0.15) is 6.04 Å². The molecular formula is C12H17NO6S. The highest BCUT2D eigenvalue weighted by atomic mass is 32.2. The van der Waals surface area contributed by atoms with E-state index in [4.69, 9.17) is 10.2 Å². The second-order valence-electron chi connectivity index (χ2n) is 4.60. The third kappa shape index (κ3) is 4.52. The van der Waals surface area contributed by atoms with E-state index in [9.17, 15) is 19.2 Å². The zero-order chi connectivity index (χ0) is 15.3. The number of hydrogen-bond acceptors (Lipinski definition) is 5. The number of carboxylic acid groups (broad SMARTS) is 2. The third-order valence-electron chi connectivity index (χ3n) is 3.16. The van der Waals surface area contributed by atoms with Crippen molar-refractivity contribution in [3.8, 4) is 0 Å². The molecule has 1 amide bonds. The molecule has 0 radical (unpaired) electrons. The predicted molar refractivity (Wildman–Crippen MR) is 71.3 cm³/mol. The average molecular weight is 303 g/mol. The lowest BCUT2D eigenvalue weighted by Gasteiger charge is -2.36. The summed E-state index contributed by atoms with van der Waals surface area (Å²) in [4.78, 5) is 46.0. The summed E-state index contributed by atoms with van der Waals surface area (Å²) in [5.41, 5.74) is 0. The smallest absolute Gasteiger partial charge is 0.326 e. The van der Waals surface area contributed by atoms with E-state index in [1.54, 1.807) is 0 Å². The van der Waals surface area contributed by atoms with Crippen LogP contribution in [0.4, 0.5) is 0 Å². The lowest BCUT2D eigenvalue weighted by molar-refractivity contribution is -0.157. The van der Waals surface area contributed by atoms with Crippen molar-refractivity contribution in [1.82, 2.24) is 4.90 Å². The molecule has 1 aliphatic heterocycles.